The number of rotatable bonds is 3. The molecule has 0 saturated heterocycles. The highest BCUT2D eigenvalue weighted by molar-refractivity contribution is 6.74. The summed E-state index contributed by atoms with van der Waals surface area (Å²) >= 11 is 0. The van der Waals surface area contributed by atoms with E-state index in [4.69, 9.17) is 4.43 Å². The van der Waals surface area contributed by atoms with Gasteiger partial charge in [-0.2, -0.15) is 0 Å². The molecule has 0 spiro atoms. The molecule has 0 N–H and O–H groups in total. The lowest BCUT2D eigenvalue weighted by molar-refractivity contribution is 0.272. The molecule has 0 amide bonds. The van der Waals surface area contributed by atoms with Crippen LogP contribution in [-0.4, -0.2) is 13.3 Å². The number of aryl methyl sites for hydroxylation is 1. The maximum absolute atomic E-state index is 6.10. The lowest BCUT2D eigenvalue weighted by Crippen LogP contribution is -2.40. The van der Waals surface area contributed by atoms with Crippen molar-refractivity contribution in [3.63, 3.8) is 0 Å². The van der Waals surface area contributed by atoms with Gasteiger partial charge in [-0.1, -0.05) is 26.8 Å². The van der Waals surface area contributed by atoms with Crippen LogP contribution >= 0.6 is 0 Å². The van der Waals surface area contributed by atoms with Crippen molar-refractivity contribution in [1.82, 2.24) is 4.98 Å². The van der Waals surface area contributed by atoms with Gasteiger partial charge < -0.3 is 4.43 Å². The quantitative estimate of drug-likeness (QED) is 0.744. The second-order valence-corrected chi connectivity index (χ2v) is 10.7. The fourth-order valence-corrected chi connectivity index (χ4v) is 2.00. The molecule has 1 aromatic rings. The molecule has 2 nitrogen and oxygen atoms in total. The van der Waals surface area contributed by atoms with Gasteiger partial charge in [-0.3, -0.25) is 4.98 Å². The van der Waals surface area contributed by atoms with Crippen LogP contribution in [0.3, 0.4) is 0 Å². The average molecular weight is 237 g/mol. The summed E-state index contributed by atoms with van der Waals surface area (Å²) in [5.41, 5.74) is 2.21. The number of nitrogens with zero attached hydrogens (tertiary/aromatic N) is 1. The van der Waals surface area contributed by atoms with Gasteiger partial charge in [0.2, 0.25) is 0 Å². The van der Waals surface area contributed by atoms with Crippen LogP contribution in [0.2, 0.25) is 18.1 Å². The molecule has 0 saturated carbocycles. The van der Waals surface area contributed by atoms with E-state index in [1.54, 1.807) is 0 Å². The first-order chi connectivity index (χ1) is 7.22. The molecule has 0 aliphatic carbocycles. The minimum Gasteiger partial charge on any atom is -0.411 e. The van der Waals surface area contributed by atoms with Crippen molar-refractivity contribution in [3.8, 4) is 0 Å². The van der Waals surface area contributed by atoms with Gasteiger partial charge in [-0.25, -0.2) is 0 Å². The second-order valence-electron chi connectivity index (χ2n) is 5.88. The summed E-state index contributed by atoms with van der Waals surface area (Å²) in [6, 6.07) is 4.12. The van der Waals surface area contributed by atoms with Gasteiger partial charge in [0, 0.05) is 6.20 Å². The molecule has 0 radical (unpaired) electrons. The van der Waals surface area contributed by atoms with Gasteiger partial charge in [0.05, 0.1) is 12.3 Å². The van der Waals surface area contributed by atoms with Gasteiger partial charge in [0.15, 0.2) is 8.32 Å². The van der Waals surface area contributed by atoms with Crippen molar-refractivity contribution >= 4 is 8.32 Å². The molecule has 3 heteroatoms. The van der Waals surface area contributed by atoms with Gasteiger partial charge >= 0.3 is 0 Å². The predicted octanol–water partition coefficient (Wildman–Crippen LogP) is 3.91. The molecular weight excluding hydrogens is 214 g/mol. The van der Waals surface area contributed by atoms with E-state index in [9.17, 15) is 0 Å². The summed E-state index contributed by atoms with van der Waals surface area (Å²) in [5.74, 6) is 0. The van der Waals surface area contributed by atoms with Crippen LogP contribution < -0.4 is 0 Å². The van der Waals surface area contributed by atoms with Gasteiger partial charge in [-0.15, -0.1) is 0 Å². The zero-order valence-electron chi connectivity index (χ0n) is 11.3. The molecule has 0 unspecified atom stereocenters. The second kappa shape index (κ2) is 4.68. The normalized spacial score (nSPS) is 12.9. The molecule has 0 aliphatic rings. The Balaban J connectivity index is 2.61. The smallest absolute Gasteiger partial charge is 0.192 e. The summed E-state index contributed by atoms with van der Waals surface area (Å²) in [6.07, 6.45) is 1.89. The van der Waals surface area contributed by atoms with E-state index in [0.29, 0.717) is 6.61 Å². The van der Waals surface area contributed by atoms with Crippen LogP contribution in [0.1, 0.15) is 32.0 Å². The molecule has 1 aromatic heterocycles. The highest BCUT2D eigenvalue weighted by Gasteiger charge is 2.37. The van der Waals surface area contributed by atoms with E-state index in [2.05, 4.69) is 44.9 Å². The minimum atomic E-state index is -1.64. The van der Waals surface area contributed by atoms with E-state index < -0.39 is 8.32 Å². The Morgan fingerprint density at radius 2 is 1.88 bits per heavy atom. The summed E-state index contributed by atoms with van der Waals surface area (Å²) in [7, 11) is -1.64. The first kappa shape index (κ1) is 13.4. The molecule has 0 aliphatic heterocycles. The number of hydrogen-bond donors (Lipinski definition) is 0. The standard InChI is InChI=1S/C13H23NOSi/c1-11-7-8-12(14-9-11)10-15-16(5,6)13(2,3)4/h7-9H,10H2,1-6H3. The van der Waals surface area contributed by atoms with Crippen molar-refractivity contribution in [1.29, 1.82) is 0 Å². The molecule has 16 heavy (non-hydrogen) atoms. The van der Waals surface area contributed by atoms with Crippen molar-refractivity contribution in [3.05, 3.63) is 29.6 Å². The highest BCUT2D eigenvalue weighted by Crippen LogP contribution is 2.36. The molecule has 90 valence electrons. The summed E-state index contributed by atoms with van der Waals surface area (Å²) in [6.45, 7) is 14.0. The maximum Gasteiger partial charge on any atom is 0.192 e. The maximum atomic E-state index is 6.10. The molecule has 0 atom stereocenters. The monoisotopic (exact) mass is 237 g/mol. The molecular formula is C13H23NOSi. The van der Waals surface area contributed by atoms with Crippen LogP contribution in [0.15, 0.2) is 18.3 Å². The van der Waals surface area contributed by atoms with Crippen molar-refractivity contribution in [2.75, 3.05) is 0 Å². The van der Waals surface area contributed by atoms with Crippen LogP contribution in [0.5, 0.6) is 0 Å². The van der Waals surface area contributed by atoms with Crippen molar-refractivity contribution in [2.45, 2.75) is 52.4 Å². The van der Waals surface area contributed by atoms with E-state index in [-0.39, 0.29) is 5.04 Å². The van der Waals surface area contributed by atoms with Crippen LogP contribution in [0, 0.1) is 6.92 Å². The minimum absolute atomic E-state index is 0.262. The molecule has 0 bridgehead atoms. The zero-order chi connectivity index (χ0) is 12.4. The Kier molecular flexibility index (Phi) is 3.91. The summed E-state index contributed by atoms with van der Waals surface area (Å²) in [5, 5.41) is 0.262. The number of pyridine rings is 1. The molecule has 0 fully saturated rings. The number of aromatic nitrogens is 1. The Labute approximate surface area is 100 Å². The highest BCUT2D eigenvalue weighted by atomic mass is 28.4. The van der Waals surface area contributed by atoms with E-state index >= 15 is 0 Å². The third kappa shape index (κ3) is 3.42. The van der Waals surface area contributed by atoms with Crippen LogP contribution in [0.4, 0.5) is 0 Å². The molecule has 0 aromatic carbocycles. The van der Waals surface area contributed by atoms with Crippen LogP contribution in [-0.2, 0) is 11.0 Å². The zero-order valence-corrected chi connectivity index (χ0v) is 12.3. The Hall–Kier alpha value is -0.673. The third-order valence-corrected chi connectivity index (χ3v) is 7.84. The first-order valence-corrected chi connectivity index (χ1v) is 8.69. The third-order valence-electron chi connectivity index (χ3n) is 3.36. The lowest BCUT2D eigenvalue weighted by Gasteiger charge is -2.36. The lowest BCUT2D eigenvalue weighted by atomic mass is 10.2. The Bertz CT molecular complexity index is 338. The van der Waals surface area contributed by atoms with Crippen LogP contribution in [0.25, 0.3) is 0 Å². The first-order valence-electron chi connectivity index (χ1n) is 5.78. The topological polar surface area (TPSA) is 22.1 Å². The van der Waals surface area contributed by atoms with E-state index in [1.165, 1.54) is 5.56 Å². The summed E-state index contributed by atoms with van der Waals surface area (Å²) in [4.78, 5) is 4.36. The van der Waals surface area contributed by atoms with E-state index in [1.807, 2.05) is 19.2 Å². The fraction of sp³-hybridized carbons (Fsp3) is 0.615. The average Bonchev–Trinajstić information content (AvgIpc) is 2.15. The SMILES string of the molecule is Cc1ccc(CO[Si](C)(C)C(C)(C)C)nc1. The largest absolute Gasteiger partial charge is 0.411 e. The molecule has 1 heterocycles. The predicted molar refractivity (Wildman–Crippen MR) is 71.0 cm³/mol. The fourth-order valence-electron chi connectivity index (χ4n) is 1.05. The van der Waals surface area contributed by atoms with Crippen molar-refractivity contribution in [2.24, 2.45) is 0 Å². The Morgan fingerprint density at radius 3 is 2.31 bits per heavy atom. The summed E-state index contributed by atoms with van der Waals surface area (Å²) < 4.78 is 6.10. The molecule has 1 rings (SSSR count). The van der Waals surface area contributed by atoms with Crippen molar-refractivity contribution < 1.29 is 4.43 Å². The Morgan fingerprint density at radius 1 is 1.25 bits per heavy atom. The van der Waals surface area contributed by atoms with Gasteiger partial charge in [0.25, 0.3) is 0 Å². The van der Waals surface area contributed by atoms with E-state index in [0.717, 1.165) is 5.69 Å². The number of hydrogen-bond acceptors (Lipinski definition) is 2. The van der Waals surface area contributed by atoms with Gasteiger partial charge in [0.1, 0.15) is 0 Å². The van der Waals surface area contributed by atoms with Gasteiger partial charge in [-0.05, 0) is 36.7 Å².